The fourth-order valence-electron chi connectivity index (χ4n) is 0.554. The Morgan fingerprint density at radius 1 is 1.17 bits per heavy atom. The second-order valence-electron chi connectivity index (χ2n) is 1.78. The van der Waals surface area contributed by atoms with E-state index in [4.69, 9.17) is 11.6 Å². The van der Waals surface area contributed by atoms with E-state index in [-0.39, 0.29) is 0 Å². The molecule has 0 aromatic carbocycles. The SMILES string of the molecule is Fc1nc(F)c(Cl)c(C(F)F)n1. The van der Waals surface area contributed by atoms with E-state index in [0.717, 1.165) is 0 Å². The molecule has 0 aliphatic heterocycles. The van der Waals surface area contributed by atoms with Gasteiger partial charge >= 0.3 is 6.08 Å². The summed E-state index contributed by atoms with van der Waals surface area (Å²) in [5, 5.41) is -0.952. The van der Waals surface area contributed by atoms with Crippen LogP contribution in [0.4, 0.5) is 17.6 Å². The Hall–Kier alpha value is -0.910. The van der Waals surface area contributed by atoms with E-state index in [1.54, 1.807) is 0 Å². The molecule has 2 nitrogen and oxygen atoms in total. The highest BCUT2D eigenvalue weighted by molar-refractivity contribution is 6.31. The van der Waals surface area contributed by atoms with E-state index in [2.05, 4.69) is 9.97 Å². The van der Waals surface area contributed by atoms with Gasteiger partial charge in [0.15, 0.2) is 0 Å². The van der Waals surface area contributed by atoms with E-state index in [0.29, 0.717) is 0 Å². The van der Waals surface area contributed by atoms with Crippen molar-refractivity contribution in [3.8, 4) is 0 Å². The number of nitrogens with zero attached hydrogens (tertiary/aromatic N) is 2. The monoisotopic (exact) mass is 200 g/mol. The van der Waals surface area contributed by atoms with E-state index < -0.39 is 29.2 Å². The van der Waals surface area contributed by atoms with Crippen LogP contribution in [0.5, 0.6) is 0 Å². The van der Waals surface area contributed by atoms with Gasteiger partial charge in [0, 0.05) is 0 Å². The number of alkyl halides is 2. The Morgan fingerprint density at radius 2 is 1.75 bits per heavy atom. The molecule has 0 saturated carbocycles. The Kier molecular flexibility index (Phi) is 2.46. The summed E-state index contributed by atoms with van der Waals surface area (Å²) >= 11 is 5.01. The Labute approximate surface area is 69.2 Å². The van der Waals surface area contributed by atoms with Crippen LogP contribution >= 0.6 is 11.6 Å². The van der Waals surface area contributed by atoms with Crippen molar-refractivity contribution in [3.63, 3.8) is 0 Å². The van der Waals surface area contributed by atoms with Crippen LogP contribution in [0.2, 0.25) is 5.02 Å². The van der Waals surface area contributed by atoms with Gasteiger partial charge in [-0.1, -0.05) is 11.6 Å². The van der Waals surface area contributed by atoms with Crippen LogP contribution in [-0.2, 0) is 0 Å². The van der Waals surface area contributed by atoms with Gasteiger partial charge in [0.2, 0.25) is 5.95 Å². The molecule has 0 fully saturated rings. The summed E-state index contributed by atoms with van der Waals surface area (Å²) in [6.07, 6.45) is -4.68. The lowest BCUT2D eigenvalue weighted by Gasteiger charge is -2.00. The first-order valence-corrected chi connectivity index (χ1v) is 3.06. The van der Waals surface area contributed by atoms with Gasteiger partial charge in [-0.05, 0) is 0 Å². The molecule has 1 rings (SSSR count). The van der Waals surface area contributed by atoms with Crippen LogP contribution in [0.15, 0.2) is 0 Å². The lowest BCUT2D eigenvalue weighted by Crippen LogP contribution is -2.01. The maximum Gasteiger partial charge on any atom is 0.311 e. The maximum absolute atomic E-state index is 12.3. The molecule has 0 aliphatic carbocycles. The average Bonchev–Trinajstić information content (AvgIpc) is 1.96. The molecule has 0 bridgehead atoms. The summed E-state index contributed by atoms with van der Waals surface area (Å²) in [5.41, 5.74) is -1.14. The van der Waals surface area contributed by atoms with Gasteiger partial charge in [0.05, 0.1) is 0 Å². The van der Waals surface area contributed by atoms with Crippen LogP contribution in [0.25, 0.3) is 0 Å². The minimum atomic E-state index is -3.12. The third-order valence-corrected chi connectivity index (χ3v) is 1.37. The first-order chi connectivity index (χ1) is 5.52. The average molecular weight is 201 g/mol. The van der Waals surface area contributed by atoms with Crippen molar-refractivity contribution in [2.45, 2.75) is 6.43 Å². The summed E-state index contributed by atoms with van der Waals surface area (Å²) in [6, 6.07) is 0. The van der Waals surface area contributed by atoms with Crippen LogP contribution in [0, 0.1) is 12.0 Å². The molecule has 1 aromatic rings. The van der Waals surface area contributed by atoms with Crippen molar-refractivity contribution in [1.29, 1.82) is 0 Å². The molecule has 1 aromatic heterocycles. The molecule has 7 heteroatoms. The molecule has 0 radical (unpaired) electrons. The molecule has 0 aliphatic rings. The van der Waals surface area contributed by atoms with E-state index in [1.165, 1.54) is 0 Å². The second-order valence-corrected chi connectivity index (χ2v) is 2.16. The zero-order valence-electron chi connectivity index (χ0n) is 5.36. The lowest BCUT2D eigenvalue weighted by molar-refractivity contribution is 0.143. The molecule has 0 atom stereocenters. The highest BCUT2D eigenvalue weighted by Gasteiger charge is 2.19. The van der Waals surface area contributed by atoms with Gasteiger partial charge in [-0.15, -0.1) is 0 Å². The largest absolute Gasteiger partial charge is 0.311 e. The quantitative estimate of drug-likeness (QED) is 0.395. The third kappa shape index (κ3) is 1.63. The number of hydrogen-bond acceptors (Lipinski definition) is 2. The summed E-state index contributed by atoms with van der Waals surface area (Å²) in [4.78, 5) is 5.14. The van der Waals surface area contributed by atoms with Crippen molar-refractivity contribution in [2.24, 2.45) is 0 Å². The Balaban J connectivity index is 3.28. The maximum atomic E-state index is 12.3. The topological polar surface area (TPSA) is 25.8 Å². The second kappa shape index (κ2) is 3.22. The van der Waals surface area contributed by atoms with Crippen LogP contribution in [0.3, 0.4) is 0 Å². The highest BCUT2D eigenvalue weighted by Crippen LogP contribution is 2.25. The van der Waals surface area contributed by atoms with E-state index >= 15 is 0 Å². The fourth-order valence-corrected chi connectivity index (χ4v) is 0.721. The van der Waals surface area contributed by atoms with Gasteiger partial charge < -0.3 is 0 Å². The molecule has 12 heavy (non-hydrogen) atoms. The smallest absolute Gasteiger partial charge is 0.203 e. The number of rotatable bonds is 1. The van der Waals surface area contributed by atoms with Crippen molar-refractivity contribution in [1.82, 2.24) is 9.97 Å². The van der Waals surface area contributed by atoms with Crippen molar-refractivity contribution in [2.75, 3.05) is 0 Å². The van der Waals surface area contributed by atoms with E-state index in [1.807, 2.05) is 0 Å². The lowest BCUT2D eigenvalue weighted by atomic mass is 10.4. The molecular weight excluding hydrogens is 200 g/mol. The van der Waals surface area contributed by atoms with Crippen LogP contribution in [-0.4, -0.2) is 9.97 Å². The molecular formula is C5HClF4N2. The van der Waals surface area contributed by atoms with Crippen molar-refractivity contribution >= 4 is 11.6 Å². The first kappa shape index (κ1) is 9.18. The minimum absolute atomic E-state index is 0.952. The summed E-state index contributed by atoms with van der Waals surface area (Å²) < 4.78 is 48.2. The summed E-state index contributed by atoms with van der Waals surface area (Å²) in [7, 11) is 0. The van der Waals surface area contributed by atoms with Gasteiger partial charge in [-0.2, -0.15) is 18.7 Å². The van der Waals surface area contributed by atoms with Crippen LogP contribution < -0.4 is 0 Å². The zero-order chi connectivity index (χ0) is 9.30. The molecule has 0 amide bonds. The minimum Gasteiger partial charge on any atom is -0.203 e. The predicted octanol–water partition coefficient (Wildman–Crippen LogP) is 2.35. The van der Waals surface area contributed by atoms with Gasteiger partial charge in [-0.25, -0.2) is 8.78 Å². The van der Waals surface area contributed by atoms with Gasteiger partial charge in [0.25, 0.3) is 6.43 Å². The summed E-state index contributed by atoms with van der Waals surface area (Å²) in [6.45, 7) is 0. The first-order valence-electron chi connectivity index (χ1n) is 2.69. The zero-order valence-corrected chi connectivity index (χ0v) is 6.12. The molecule has 66 valence electrons. The normalized spacial score (nSPS) is 10.8. The molecule has 0 unspecified atom stereocenters. The molecule has 0 N–H and O–H groups in total. The van der Waals surface area contributed by atoms with Crippen LogP contribution in [0.1, 0.15) is 12.1 Å². The summed E-state index contributed by atoms with van der Waals surface area (Å²) in [5.74, 6) is -1.49. The van der Waals surface area contributed by atoms with Gasteiger partial charge in [0.1, 0.15) is 10.7 Å². The highest BCUT2D eigenvalue weighted by atomic mass is 35.5. The molecule has 1 heterocycles. The third-order valence-electron chi connectivity index (χ3n) is 1.02. The molecule has 0 saturated heterocycles. The number of halogens is 5. The standard InChI is InChI=1S/C5HClF4N2/c6-1-2(3(7)8)11-5(10)12-4(1)9/h3H. The van der Waals surface area contributed by atoms with Crippen molar-refractivity contribution < 1.29 is 17.6 Å². The Bertz CT molecular complexity index is 304. The van der Waals surface area contributed by atoms with Crippen molar-refractivity contribution in [3.05, 3.63) is 22.7 Å². The Morgan fingerprint density at radius 3 is 2.25 bits per heavy atom. The van der Waals surface area contributed by atoms with Gasteiger partial charge in [-0.3, -0.25) is 0 Å². The number of hydrogen-bond donors (Lipinski definition) is 0. The number of aromatic nitrogens is 2. The molecule has 0 spiro atoms. The van der Waals surface area contributed by atoms with E-state index in [9.17, 15) is 17.6 Å². The predicted molar refractivity (Wildman–Crippen MR) is 31.9 cm³/mol. The fraction of sp³-hybridized carbons (Fsp3) is 0.200.